The Morgan fingerprint density at radius 2 is 1.49 bits per heavy atom. The van der Waals surface area contributed by atoms with Gasteiger partial charge in [0, 0.05) is 29.3 Å². The molecule has 14 nitrogen and oxygen atoms in total. The molecule has 10 N–H and O–H groups in total. The normalized spacial score (nSPS) is 14.1. The Morgan fingerprint density at radius 1 is 0.892 bits per heavy atom. The lowest BCUT2D eigenvalue weighted by Gasteiger charge is -2.24. The van der Waals surface area contributed by atoms with E-state index < -0.39 is 72.6 Å². The van der Waals surface area contributed by atoms with Gasteiger partial charge in [0.05, 0.1) is 18.9 Å². The number of carbonyl (C=O) groups is 6. The maximum atomic E-state index is 13.0. The molecule has 0 saturated carbocycles. The monoisotopic (exact) mass is 536 g/mol. The lowest BCUT2D eigenvalue weighted by molar-refractivity contribution is -0.142. The van der Waals surface area contributed by atoms with Crippen LogP contribution >= 0.6 is 12.6 Å². The van der Waals surface area contributed by atoms with Crippen LogP contribution in [0.4, 0.5) is 0 Å². The van der Waals surface area contributed by atoms with Crippen molar-refractivity contribution in [3.63, 3.8) is 0 Å². The highest BCUT2D eigenvalue weighted by Crippen LogP contribution is 2.19. The molecule has 0 saturated heterocycles. The van der Waals surface area contributed by atoms with Gasteiger partial charge in [-0.3, -0.25) is 24.0 Å². The average Bonchev–Trinajstić information content (AvgIpc) is 3.23. The van der Waals surface area contributed by atoms with E-state index >= 15 is 0 Å². The third-order valence-corrected chi connectivity index (χ3v) is 5.66. The molecule has 1 heterocycles. The number of benzene rings is 1. The minimum atomic E-state index is -1.66. The van der Waals surface area contributed by atoms with E-state index in [2.05, 4.69) is 33.6 Å². The molecule has 1 aromatic heterocycles. The molecular weight excluding hydrogens is 508 g/mol. The molecule has 4 amide bonds. The van der Waals surface area contributed by atoms with Gasteiger partial charge >= 0.3 is 11.9 Å². The fourth-order valence-electron chi connectivity index (χ4n) is 3.43. The highest BCUT2D eigenvalue weighted by molar-refractivity contribution is 7.80. The molecule has 15 heteroatoms. The van der Waals surface area contributed by atoms with E-state index in [1.807, 2.05) is 0 Å². The minimum Gasteiger partial charge on any atom is -0.481 e. The van der Waals surface area contributed by atoms with Crippen molar-refractivity contribution in [2.75, 3.05) is 5.75 Å². The van der Waals surface area contributed by atoms with E-state index in [-0.39, 0.29) is 12.2 Å². The van der Waals surface area contributed by atoms with Crippen molar-refractivity contribution in [1.82, 2.24) is 20.9 Å². The van der Waals surface area contributed by atoms with Crippen LogP contribution in [-0.2, 0) is 35.2 Å². The molecule has 0 aliphatic rings. The number of thiol groups is 1. The number of hydrogen-bond acceptors (Lipinski definition) is 8. The molecule has 4 unspecified atom stereocenters. The maximum Gasteiger partial charge on any atom is 0.327 e. The summed E-state index contributed by atoms with van der Waals surface area (Å²) in [7, 11) is 0. The van der Waals surface area contributed by atoms with Crippen LogP contribution in [0.25, 0.3) is 10.9 Å². The minimum absolute atomic E-state index is 0.102. The van der Waals surface area contributed by atoms with Crippen LogP contribution in [0.3, 0.4) is 0 Å². The number of aromatic amines is 1. The van der Waals surface area contributed by atoms with E-state index in [0.717, 1.165) is 10.9 Å². The van der Waals surface area contributed by atoms with Gasteiger partial charge in [-0.1, -0.05) is 18.2 Å². The number of para-hydroxylation sites is 1. The van der Waals surface area contributed by atoms with Crippen LogP contribution in [-0.4, -0.2) is 80.7 Å². The molecule has 1 aromatic carbocycles. The second-order valence-electron chi connectivity index (χ2n) is 8.14. The number of carboxylic acids is 2. The number of carbonyl (C=O) groups excluding carboxylic acids is 4. The number of nitrogens with two attached hydrogens (primary N) is 2. The topological polar surface area (TPSA) is 247 Å². The summed E-state index contributed by atoms with van der Waals surface area (Å²) < 4.78 is 0. The van der Waals surface area contributed by atoms with E-state index in [9.17, 15) is 39.0 Å². The summed E-state index contributed by atoms with van der Waals surface area (Å²) >= 11 is 3.91. The van der Waals surface area contributed by atoms with Crippen molar-refractivity contribution >= 4 is 59.1 Å². The SMILES string of the molecule is NC(=O)CC(N)C(=O)NC(CC(=O)O)C(=O)NC(Cc1c[nH]c2ccccc12)C(=O)NC(CS)C(=O)O. The highest BCUT2D eigenvalue weighted by atomic mass is 32.1. The fraction of sp³-hybridized carbons (Fsp3) is 0.364. The first-order valence-electron chi connectivity index (χ1n) is 11.0. The number of aliphatic carboxylic acids is 2. The lowest BCUT2D eigenvalue weighted by atomic mass is 10.0. The van der Waals surface area contributed by atoms with Crippen LogP contribution in [0, 0.1) is 0 Å². The van der Waals surface area contributed by atoms with E-state index in [0.29, 0.717) is 5.56 Å². The van der Waals surface area contributed by atoms with Crippen LogP contribution in [0.1, 0.15) is 18.4 Å². The fourth-order valence-corrected chi connectivity index (χ4v) is 3.68. The van der Waals surface area contributed by atoms with Gasteiger partial charge in [-0.05, 0) is 11.6 Å². The van der Waals surface area contributed by atoms with Gasteiger partial charge in [0.1, 0.15) is 18.1 Å². The number of nitrogens with one attached hydrogen (secondary N) is 4. The summed E-state index contributed by atoms with van der Waals surface area (Å²) in [6.07, 6.45) is 0.106. The van der Waals surface area contributed by atoms with Gasteiger partial charge in [-0.25, -0.2) is 4.79 Å². The third kappa shape index (κ3) is 8.50. The molecular formula is C22H28N6O8S. The molecule has 0 bridgehead atoms. The first-order chi connectivity index (χ1) is 17.4. The first-order valence-corrected chi connectivity index (χ1v) is 11.6. The molecule has 0 radical (unpaired) electrons. The number of rotatable bonds is 14. The van der Waals surface area contributed by atoms with Crippen molar-refractivity contribution in [2.45, 2.75) is 43.4 Å². The summed E-state index contributed by atoms with van der Waals surface area (Å²) in [5.74, 6) is -6.81. The quantitative estimate of drug-likeness (QED) is 0.119. The van der Waals surface area contributed by atoms with Crippen molar-refractivity contribution in [3.8, 4) is 0 Å². The van der Waals surface area contributed by atoms with Crippen LogP contribution in [0.15, 0.2) is 30.5 Å². The first kappa shape index (κ1) is 29.1. The van der Waals surface area contributed by atoms with Crippen LogP contribution in [0.5, 0.6) is 0 Å². The van der Waals surface area contributed by atoms with E-state index in [4.69, 9.17) is 11.5 Å². The Kier molecular flexibility index (Phi) is 10.4. The Bertz CT molecular complexity index is 1180. The predicted octanol–water partition coefficient (Wildman–Crippen LogP) is -2.14. The number of H-pyrrole nitrogens is 1. The zero-order valence-corrected chi connectivity index (χ0v) is 20.4. The molecule has 2 aromatic rings. The number of aromatic nitrogens is 1. The predicted molar refractivity (Wildman–Crippen MR) is 133 cm³/mol. The summed E-state index contributed by atoms with van der Waals surface area (Å²) in [6.45, 7) is 0. The third-order valence-electron chi connectivity index (χ3n) is 5.30. The van der Waals surface area contributed by atoms with Crippen LogP contribution < -0.4 is 27.4 Å². The standard InChI is InChI=1S/C22H28N6O8S/c23-12(6-17(24)29)19(32)26-15(7-18(30)31)21(34)27-14(20(33)28-16(9-37)22(35)36)5-10-8-25-13-4-2-1-3-11(10)13/h1-4,8,12,14-16,25,37H,5-7,9,23H2,(H2,24,29)(H,26,32)(H,27,34)(H,28,33)(H,30,31)(H,35,36). The van der Waals surface area contributed by atoms with Gasteiger partial charge in [-0.2, -0.15) is 12.6 Å². The second kappa shape index (κ2) is 13.3. The van der Waals surface area contributed by atoms with Gasteiger partial charge < -0.3 is 42.6 Å². The summed E-state index contributed by atoms with van der Waals surface area (Å²) in [6, 6.07) is 1.31. The molecule has 2 rings (SSSR count). The molecule has 0 aliphatic carbocycles. The molecule has 0 spiro atoms. The highest BCUT2D eigenvalue weighted by Gasteiger charge is 2.32. The number of carboxylic acid groups (broad SMARTS) is 2. The number of amides is 4. The van der Waals surface area contributed by atoms with Crippen molar-refractivity contribution in [3.05, 3.63) is 36.0 Å². The van der Waals surface area contributed by atoms with E-state index in [1.54, 1.807) is 30.5 Å². The Hall–Kier alpha value is -4.11. The van der Waals surface area contributed by atoms with Crippen molar-refractivity contribution in [2.24, 2.45) is 11.5 Å². The van der Waals surface area contributed by atoms with E-state index in [1.165, 1.54) is 0 Å². The van der Waals surface area contributed by atoms with Gasteiger partial charge in [0.15, 0.2) is 0 Å². The number of primary amides is 1. The molecule has 0 aliphatic heterocycles. The molecule has 0 fully saturated rings. The maximum absolute atomic E-state index is 13.0. The summed E-state index contributed by atoms with van der Waals surface area (Å²) in [4.78, 5) is 75.1. The van der Waals surface area contributed by atoms with Gasteiger partial charge in [0.25, 0.3) is 0 Å². The molecule has 4 atom stereocenters. The lowest BCUT2D eigenvalue weighted by Crippen LogP contribution is -2.58. The Balaban J connectivity index is 2.30. The number of hydrogen-bond donors (Lipinski definition) is 9. The zero-order chi connectivity index (χ0) is 27.7. The Morgan fingerprint density at radius 3 is 2.08 bits per heavy atom. The van der Waals surface area contributed by atoms with Crippen molar-refractivity contribution < 1.29 is 39.0 Å². The Labute approximate surface area is 215 Å². The van der Waals surface area contributed by atoms with Gasteiger partial charge in [-0.15, -0.1) is 0 Å². The zero-order valence-electron chi connectivity index (χ0n) is 19.5. The van der Waals surface area contributed by atoms with Crippen LogP contribution in [0.2, 0.25) is 0 Å². The second-order valence-corrected chi connectivity index (χ2v) is 8.51. The summed E-state index contributed by atoms with van der Waals surface area (Å²) in [5, 5.41) is 26.0. The average molecular weight is 537 g/mol. The smallest absolute Gasteiger partial charge is 0.327 e. The van der Waals surface area contributed by atoms with Crippen molar-refractivity contribution in [1.29, 1.82) is 0 Å². The number of fused-ring (bicyclic) bond motifs is 1. The summed E-state index contributed by atoms with van der Waals surface area (Å²) in [5.41, 5.74) is 11.9. The van der Waals surface area contributed by atoms with Gasteiger partial charge in [0.2, 0.25) is 23.6 Å². The largest absolute Gasteiger partial charge is 0.481 e. The molecule has 200 valence electrons. The molecule has 37 heavy (non-hydrogen) atoms.